The Morgan fingerprint density at radius 2 is 1.73 bits per heavy atom. The molecule has 0 saturated carbocycles. The van der Waals surface area contributed by atoms with Crippen LogP contribution in [0.2, 0.25) is 0 Å². The Hall–Kier alpha value is -3.22. The molecule has 0 fully saturated rings. The first-order valence-electron chi connectivity index (χ1n) is 8.60. The van der Waals surface area contributed by atoms with E-state index in [0.717, 1.165) is 0 Å². The molecule has 0 amide bonds. The van der Waals surface area contributed by atoms with Gasteiger partial charge in [0, 0.05) is 0 Å². The van der Waals surface area contributed by atoms with E-state index < -0.39 is 40.2 Å². The maximum Gasteiger partial charge on any atom is 0.352 e. The topological polar surface area (TPSA) is 173 Å². The van der Waals surface area contributed by atoms with E-state index in [1.807, 2.05) is 0 Å². The molecule has 1 unspecified atom stereocenters. The number of hydrogen-bond acceptors (Lipinski definition) is 12. The van der Waals surface area contributed by atoms with Crippen LogP contribution in [-0.4, -0.2) is 48.1 Å². The summed E-state index contributed by atoms with van der Waals surface area (Å²) in [7, 11) is 0. The first kappa shape index (κ1) is 24.8. The molecule has 1 rings (SSSR count). The fourth-order valence-corrected chi connectivity index (χ4v) is 4.38. The Balaban J connectivity index is 3.65. The predicted octanol–water partition coefficient (Wildman–Crippen LogP) is 1.93. The minimum absolute atomic E-state index is 0.0230. The Labute approximate surface area is 180 Å². The molecule has 0 bridgehead atoms. The number of thiophene rings is 1. The number of carbonyl (C=O) groups excluding carboxylic acids is 3. The summed E-state index contributed by atoms with van der Waals surface area (Å²) in [5, 5.41) is 27.9. The molecule has 1 aromatic rings. The highest BCUT2D eigenvalue weighted by molar-refractivity contribution is 8.02. The van der Waals surface area contributed by atoms with Crippen molar-refractivity contribution in [3.05, 3.63) is 16.0 Å². The lowest BCUT2D eigenvalue weighted by Crippen LogP contribution is -2.18. The van der Waals surface area contributed by atoms with Crippen molar-refractivity contribution in [2.24, 2.45) is 5.73 Å². The Morgan fingerprint density at radius 3 is 2.23 bits per heavy atom. The minimum Gasteiger partial charge on any atom is -0.505 e. The summed E-state index contributed by atoms with van der Waals surface area (Å²) in [4.78, 5) is 35.9. The maximum atomic E-state index is 12.2. The van der Waals surface area contributed by atoms with Gasteiger partial charge in [-0.2, -0.15) is 10.5 Å². The van der Waals surface area contributed by atoms with Crippen LogP contribution in [0.4, 0.5) is 0 Å². The second-order valence-electron chi connectivity index (χ2n) is 5.16. The fourth-order valence-electron chi connectivity index (χ4n) is 2.05. The van der Waals surface area contributed by atoms with Crippen molar-refractivity contribution < 1.29 is 33.7 Å². The molecule has 160 valence electrons. The van der Waals surface area contributed by atoms with Crippen LogP contribution in [0.25, 0.3) is 5.70 Å². The molecule has 0 aromatic carbocycles. The number of carbonyl (C=O) groups is 3. The zero-order valence-corrected chi connectivity index (χ0v) is 18.0. The van der Waals surface area contributed by atoms with Crippen LogP contribution in [0.3, 0.4) is 0 Å². The van der Waals surface area contributed by atoms with Gasteiger partial charge in [-0.25, -0.2) is 14.4 Å². The van der Waals surface area contributed by atoms with Gasteiger partial charge in [-0.15, -0.1) is 11.3 Å². The summed E-state index contributed by atoms with van der Waals surface area (Å²) in [6.07, 6.45) is 0. The van der Waals surface area contributed by atoms with E-state index in [4.69, 9.17) is 19.9 Å². The highest BCUT2D eigenvalue weighted by Crippen LogP contribution is 2.45. The molecule has 0 aliphatic rings. The lowest BCUT2D eigenvalue weighted by molar-refractivity contribution is -0.141. The Kier molecular flexibility index (Phi) is 9.68. The Bertz CT molecular complexity index is 941. The largest absolute Gasteiger partial charge is 0.505 e. The summed E-state index contributed by atoms with van der Waals surface area (Å²) in [6, 6.07) is 3.36. The summed E-state index contributed by atoms with van der Waals surface area (Å²) in [6.45, 7) is 4.70. The number of nitrogens with two attached hydrogens (primary N) is 1. The zero-order valence-electron chi connectivity index (χ0n) is 16.4. The molecular formula is C18H19N3O7S2. The van der Waals surface area contributed by atoms with Crippen molar-refractivity contribution in [3.63, 3.8) is 0 Å². The minimum atomic E-state index is -1.35. The number of nitriles is 2. The van der Waals surface area contributed by atoms with E-state index in [2.05, 4.69) is 0 Å². The quantitative estimate of drug-likeness (QED) is 0.184. The maximum absolute atomic E-state index is 12.2. The summed E-state index contributed by atoms with van der Waals surface area (Å²) >= 11 is 1.35. The van der Waals surface area contributed by atoms with Gasteiger partial charge in [0.1, 0.15) is 6.07 Å². The van der Waals surface area contributed by atoms with E-state index >= 15 is 0 Å². The number of esters is 3. The first-order valence-corrected chi connectivity index (χ1v) is 10.3. The molecule has 1 heterocycles. The van der Waals surface area contributed by atoms with Gasteiger partial charge in [0.05, 0.1) is 41.4 Å². The highest BCUT2D eigenvalue weighted by Gasteiger charge is 2.32. The van der Waals surface area contributed by atoms with Crippen molar-refractivity contribution in [3.8, 4) is 17.9 Å². The molecule has 0 aliphatic carbocycles. The normalized spacial score (nSPS) is 12.0. The van der Waals surface area contributed by atoms with Crippen LogP contribution in [0.15, 0.2) is 9.78 Å². The smallest absolute Gasteiger partial charge is 0.352 e. The van der Waals surface area contributed by atoms with Crippen molar-refractivity contribution in [1.82, 2.24) is 0 Å². The third-order valence-corrected chi connectivity index (χ3v) is 5.73. The van der Waals surface area contributed by atoms with Crippen LogP contribution in [0.5, 0.6) is 5.75 Å². The van der Waals surface area contributed by atoms with E-state index in [0.29, 0.717) is 23.1 Å². The van der Waals surface area contributed by atoms with Gasteiger partial charge in [-0.05, 0) is 20.8 Å². The number of thioether (sulfide) groups is 1. The lowest BCUT2D eigenvalue weighted by atomic mass is 10.1. The molecular weight excluding hydrogens is 434 g/mol. The van der Waals surface area contributed by atoms with Crippen molar-refractivity contribution >= 4 is 46.7 Å². The number of aromatic hydroxyl groups is 1. The second-order valence-corrected chi connectivity index (χ2v) is 7.56. The average molecular weight is 453 g/mol. The van der Waals surface area contributed by atoms with Crippen LogP contribution in [0.1, 0.15) is 36.0 Å². The van der Waals surface area contributed by atoms with Crippen LogP contribution in [0, 0.1) is 22.7 Å². The van der Waals surface area contributed by atoms with Crippen molar-refractivity contribution in [2.45, 2.75) is 30.2 Å². The second kappa shape index (κ2) is 11.7. The van der Waals surface area contributed by atoms with Gasteiger partial charge in [-0.1, -0.05) is 11.8 Å². The third-order valence-electron chi connectivity index (χ3n) is 3.28. The summed E-state index contributed by atoms with van der Waals surface area (Å²) in [5.41, 5.74) is 4.64. The highest BCUT2D eigenvalue weighted by atomic mass is 32.2. The molecule has 1 atom stereocenters. The lowest BCUT2D eigenvalue weighted by Gasteiger charge is -2.10. The zero-order chi connectivity index (χ0) is 22.8. The molecule has 30 heavy (non-hydrogen) atoms. The van der Waals surface area contributed by atoms with E-state index in [1.54, 1.807) is 26.0 Å². The molecule has 3 N–H and O–H groups in total. The van der Waals surface area contributed by atoms with Gasteiger partial charge in [-0.3, -0.25) is 0 Å². The van der Waals surface area contributed by atoms with E-state index in [1.165, 1.54) is 6.92 Å². The van der Waals surface area contributed by atoms with Gasteiger partial charge in [0.2, 0.25) is 0 Å². The van der Waals surface area contributed by atoms with Crippen molar-refractivity contribution in [2.75, 3.05) is 19.8 Å². The summed E-state index contributed by atoms with van der Waals surface area (Å²) in [5.74, 6) is -3.38. The molecule has 10 nitrogen and oxygen atoms in total. The number of rotatable bonds is 9. The van der Waals surface area contributed by atoms with Gasteiger partial charge in [0.15, 0.2) is 21.4 Å². The summed E-state index contributed by atoms with van der Waals surface area (Å²) < 4.78 is 14.5. The van der Waals surface area contributed by atoms with Crippen LogP contribution in [-0.2, 0) is 23.8 Å². The molecule has 12 heteroatoms. The molecule has 0 radical (unpaired) electrons. The van der Waals surface area contributed by atoms with Crippen LogP contribution >= 0.6 is 23.1 Å². The van der Waals surface area contributed by atoms with E-state index in [9.17, 15) is 30.0 Å². The standard InChI is InChI=1S/C18H19N3O7S2/c1-4-26-15(23)9(7-19)12(21)11-13(22)14(17(25)28-6-3)30-18(11)29-10(8-20)16(24)27-5-2/h10,22H,4-6,21H2,1-3H3/b12-9+. The van der Waals surface area contributed by atoms with Gasteiger partial charge < -0.3 is 25.1 Å². The molecule has 0 saturated heterocycles. The number of ether oxygens (including phenoxy) is 3. The molecule has 0 spiro atoms. The SMILES string of the molecule is CCOC(=O)/C(C#N)=C(/N)c1c(SC(C#N)C(=O)OCC)sc(C(=O)OCC)c1O. The molecule has 0 aliphatic heterocycles. The average Bonchev–Trinajstić information content (AvgIpc) is 3.03. The molecule has 1 aromatic heterocycles. The monoisotopic (exact) mass is 453 g/mol. The first-order chi connectivity index (χ1) is 14.3. The fraction of sp³-hybridized carbons (Fsp3) is 0.389. The third kappa shape index (κ3) is 5.65. The number of hydrogen-bond donors (Lipinski definition) is 2. The van der Waals surface area contributed by atoms with E-state index in [-0.39, 0.29) is 34.5 Å². The number of nitrogens with zero attached hydrogens (tertiary/aromatic N) is 2. The Morgan fingerprint density at radius 1 is 1.13 bits per heavy atom. The van der Waals surface area contributed by atoms with Gasteiger partial charge >= 0.3 is 17.9 Å². The van der Waals surface area contributed by atoms with Crippen molar-refractivity contribution in [1.29, 1.82) is 10.5 Å². The predicted molar refractivity (Wildman–Crippen MR) is 107 cm³/mol. The van der Waals surface area contributed by atoms with Crippen LogP contribution < -0.4 is 5.73 Å². The van der Waals surface area contributed by atoms with Gasteiger partial charge in [0.25, 0.3) is 0 Å².